The maximum absolute atomic E-state index is 4.56. The van der Waals surface area contributed by atoms with Crippen molar-refractivity contribution >= 4 is 0 Å². The molecule has 0 radical (unpaired) electrons. The molecule has 3 aromatic rings. The monoisotopic (exact) mass is 343 g/mol. The van der Waals surface area contributed by atoms with Gasteiger partial charge >= 0.3 is 0 Å². The van der Waals surface area contributed by atoms with Gasteiger partial charge in [0.25, 0.3) is 0 Å². The van der Waals surface area contributed by atoms with E-state index in [9.17, 15) is 0 Å². The van der Waals surface area contributed by atoms with Crippen LogP contribution in [0.25, 0.3) is 22.4 Å². The average Bonchev–Trinajstić information content (AvgIpc) is 2.61. The summed E-state index contributed by atoms with van der Waals surface area (Å²) in [6, 6.07) is 21.9. The molecule has 0 saturated carbocycles. The first-order valence-electron chi connectivity index (χ1n) is 9.32. The Balaban J connectivity index is 1.87. The zero-order valence-corrected chi connectivity index (χ0v) is 16.8. The van der Waals surface area contributed by atoms with Crippen LogP contribution in [0.3, 0.4) is 0 Å². The molecule has 0 fully saturated rings. The van der Waals surface area contributed by atoms with Gasteiger partial charge in [-0.15, -0.1) is 0 Å². The molecule has 3 rings (SSSR count). The summed E-state index contributed by atoms with van der Waals surface area (Å²) < 4.78 is 0. The largest absolute Gasteiger partial charge is 0.256 e. The van der Waals surface area contributed by atoms with E-state index in [1.54, 1.807) is 0 Å². The highest BCUT2D eigenvalue weighted by Crippen LogP contribution is 2.29. The van der Waals surface area contributed by atoms with Gasteiger partial charge in [-0.2, -0.15) is 0 Å². The zero-order valence-electron chi connectivity index (χ0n) is 16.8. The van der Waals surface area contributed by atoms with Gasteiger partial charge in [-0.3, -0.25) is 4.98 Å². The molecule has 0 spiro atoms. The van der Waals surface area contributed by atoms with Gasteiger partial charge in [0.15, 0.2) is 0 Å². The number of nitrogens with zero attached hydrogens (tertiary/aromatic N) is 1. The van der Waals surface area contributed by atoms with Gasteiger partial charge in [0, 0.05) is 11.8 Å². The molecule has 2 aromatic carbocycles. The first kappa shape index (κ1) is 18.4. The van der Waals surface area contributed by atoms with E-state index < -0.39 is 0 Å². The Hall–Kier alpha value is -2.41. The summed E-state index contributed by atoms with van der Waals surface area (Å²) in [7, 11) is 0. The third kappa shape index (κ3) is 4.04. The Kier molecular flexibility index (Phi) is 4.75. The smallest absolute Gasteiger partial charge is 0.0704 e. The van der Waals surface area contributed by atoms with Gasteiger partial charge in [-0.05, 0) is 45.2 Å². The summed E-state index contributed by atoms with van der Waals surface area (Å²) in [5.41, 5.74) is 7.67. The first-order chi connectivity index (χ1) is 12.1. The molecular weight excluding hydrogens is 314 g/mol. The van der Waals surface area contributed by atoms with Crippen LogP contribution in [-0.4, -0.2) is 4.98 Å². The van der Waals surface area contributed by atoms with Crippen molar-refractivity contribution in [2.45, 2.75) is 52.4 Å². The molecule has 1 nitrogen and oxygen atoms in total. The standard InChI is InChI=1S/C25H29N/c1-24(2,3)21-13-11-19(12-14-21)18-7-9-20(10-8-18)23-17-22(15-16-26-23)25(4,5)6/h7-17H,1-6H3. The van der Waals surface area contributed by atoms with E-state index in [2.05, 4.69) is 107 Å². The predicted octanol–water partition coefficient (Wildman–Crippen LogP) is 7.01. The lowest BCUT2D eigenvalue weighted by atomic mass is 9.86. The lowest BCUT2D eigenvalue weighted by molar-refractivity contribution is 0.589. The first-order valence-corrected chi connectivity index (χ1v) is 9.32. The van der Waals surface area contributed by atoms with Crippen LogP contribution < -0.4 is 0 Å². The normalized spacial score (nSPS) is 12.2. The summed E-state index contributed by atoms with van der Waals surface area (Å²) in [5, 5.41) is 0. The number of pyridine rings is 1. The molecule has 0 atom stereocenters. The minimum atomic E-state index is 0.131. The molecule has 0 unspecified atom stereocenters. The molecule has 0 bridgehead atoms. The van der Waals surface area contributed by atoms with Crippen molar-refractivity contribution < 1.29 is 0 Å². The highest BCUT2D eigenvalue weighted by Gasteiger charge is 2.15. The molecule has 0 aliphatic carbocycles. The van der Waals surface area contributed by atoms with Gasteiger partial charge in [0.1, 0.15) is 0 Å². The van der Waals surface area contributed by atoms with Gasteiger partial charge < -0.3 is 0 Å². The molecular formula is C25H29N. The van der Waals surface area contributed by atoms with Gasteiger partial charge in [0.05, 0.1) is 5.69 Å². The van der Waals surface area contributed by atoms with E-state index in [1.807, 2.05) is 6.20 Å². The Morgan fingerprint density at radius 3 is 1.50 bits per heavy atom. The van der Waals surface area contributed by atoms with Crippen molar-refractivity contribution in [1.29, 1.82) is 0 Å². The van der Waals surface area contributed by atoms with Crippen LogP contribution in [0.5, 0.6) is 0 Å². The van der Waals surface area contributed by atoms with Crippen molar-refractivity contribution in [2.75, 3.05) is 0 Å². The van der Waals surface area contributed by atoms with E-state index >= 15 is 0 Å². The van der Waals surface area contributed by atoms with Crippen LogP contribution in [0.4, 0.5) is 0 Å². The van der Waals surface area contributed by atoms with Crippen LogP contribution >= 0.6 is 0 Å². The maximum atomic E-state index is 4.56. The van der Waals surface area contributed by atoms with Gasteiger partial charge in [-0.25, -0.2) is 0 Å². The summed E-state index contributed by atoms with van der Waals surface area (Å²) in [5.74, 6) is 0. The summed E-state index contributed by atoms with van der Waals surface area (Å²) in [6.45, 7) is 13.4. The van der Waals surface area contributed by atoms with Crippen molar-refractivity contribution in [2.24, 2.45) is 0 Å². The Bertz CT molecular complexity index is 873. The SMILES string of the molecule is CC(C)(C)c1ccc(-c2ccc(-c3cc(C(C)(C)C)ccn3)cc2)cc1. The van der Waals surface area contributed by atoms with Crippen molar-refractivity contribution in [1.82, 2.24) is 4.98 Å². The Morgan fingerprint density at radius 1 is 0.538 bits per heavy atom. The third-order valence-electron chi connectivity index (χ3n) is 4.89. The number of aromatic nitrogens is 1. The molecule has 1 aromatic heterocycles. The van der Waals surface area contributed by atoms with Gasteiger partial charge in [0.2, 0.25) is 0 Å². The van der Waals surface area contributed by atoms with Crippen LogP contribution in [-0.2, 0) is 10.8 Å². The zero-order chi connectivity index (χ0) is 18.9. The predicted molar refractivity (Wildman–Crippen MR) is 113 cm³/mol. The molecule has 26 heavy (non-hydrogen) atoms. The van der Waals surface area contributed by atoms with E-state index in [0.29, 0.717) is 0 Å². The second kappa shape index (κ2) is 6.72. The van der Waals surface area contributed by atoms with E-state index in [0.717, 1.165) is 11.3 Å². The second-order valence-corrected chi connectivity index (χ2v) is 9.08. The molecule has 0 N–H and O–H groups in total. The maximum Gasteiger partial charge on any atom is 0.0704 e. The topological polar surface area (TPSA) is 12.9 Å². The number of hydrogen-bond acceptors (Lipinski definition) is 1. The lowest BCUT2D eigenvalue weighted by Crippen LogP contribution is -2.11. The quantitative estimate of drug-likeness (QED) is 0.487. The third-order valence-corrected chi connectivity index (χ3v) is 4.89. The summed E-state index contributed by atoms with van der Waals surface area (Å²) in [6.07, 6.45) is 1.91. The van der Waals surface area contributed by atoms with Crippen molar-refractivity contribution in [3.63, 3.8) is 0 Å². The molecule has 0 saturated heterocycles. The fourth-order valence-electron chi connectivity index (χ4n) is 3.05. The number of hydrogen-bond donors (Lipinski definition) is 0. The summed E-state index contributed by atoms with van der Waals surface area (Å²) in [4.78, 5) is 4.56. The lowest BCUT2D eigenvalue weighted by Gasteiger charge is -2.19. The molecule has 134 valence electrons. The molecule has 0 amide bonds. The van der Waals surface area contributed by atoms with E-state index in [4.69, 9.17) is 0 Å². The highest BCUT2D eigenvalue weighted by atomic mass is 14.7. The Morgan fingerprint density at radius 2 is 1.00 bits per heavy atom. The molecule has 1 heterocycles. The fourth-order valence-corrected chi connectivity index (χ4v) is 3.05. The summed E-state index contributed by atoms with van der Waals surface area (Å²) >= 11 is 0. The molecule has 0 aliphatic heterocycles. The second-order valence-electron chi connectivity index (χ2n) is 9.08. The van der Waals surface area contributed by atoms with E-state index in [1.165, 1.54) is 22.3 Å². The molecule has 1 heteroatoms. The van der Waals surface area contributed by atoms with Crippen LogP contribution in [0.2, 0.25) is 0 Å². The Labute approximate surface area is 158 Å². The van der Waals surface area contributed by atoms with Crippen LogP contribution in [0, 0.1) is 0 Å². The van der Waals surface area contributed by atoms with Crippen LogP contribution in [0.1, 0.15) is 52.7 Å². The number of rotatable bonds is 2. The van der Waals surface area contributed by atoms with Crippen LogP contribution in [0.15, 0.2) is 66.9 Å². The highest BCUT2D eigenvalue weighted by molar-refractivity contribution is 5.69. The minimum Gasteiger partial charge on any atom is -0.256 e. The average molecular weight is 344 g/mol. The fraction of sp³-hybridized carbons (Fsp3) is 0.320. The van der Waals surface area contributed by atoms with Crippen molar-refractivity contribution in [3.05, 3.63) is 78.0 Å². The molecule has 0 aliphatic rings. The van der Waals surface area contributed by atoms with E-state index in [-0.39, 0.29) is 10.8 Å². The van der Waals surface area contributed by atoms with Crippen molar-refractivity contribution in [3.8, 4) is 22.4 Å². The minimum absolute atomic E-state index is 0.131. The van der Waals surface area contributed by atoms with Gasteiger partial charge in [-0.1, -0.05) is 90.1 Å². The number of benzene rings is 2.